The second kappa shape index (κ2) is 7.97. The molecule has 1 heterocycles. The molecule has 1 rings (SSSR count). The number of nitrogens with zero attached hydrogens (tertiary/aromatic N) is 2. The highest BCUT2D eigenvalue weighted by atomic mass is 16.5. The lowest BCUT2D eigenvalue weighted by Crippen LogP contribution is -2.36. The van der Waals surface area contributed by atoms with E-state index in [1.54, 1.807) is 26.5 Å². The van der Waals surface area contributed by atoms with Gasteiger partial charge in [0.1, 0.15) is 5.82 Å². The Bertz CT molecular complexity index is 320. The summed E-state index contributed by atoms with van der Waals surface area (Å²) in [4.78, 5) is 8.52. The molecule has 0 aliphatic heterocycles. The molecule has 0 radical (unpaired) electrons. The van der Waals surface area contributed by atoms with Crippen LogP contribution in [0.25, 0.3) is 0 Å². The van der Waals surface area contributed by atoms with Crippen molar-refractivity contribution < 1.29 is 9.47 Å². The lowest BCUT2D eigenvalue weighted by atomic mass is 10.2. The van der Waals surface area contributed by atoms with Crippen LogP contribution in [0.1, 0.15) is 19.2 Å². The summed E-state index contributed by atoms with van der Waals surface area (Å²) in [5.74, 6) is 1.37. The molecule has 1 atom stereocenters. The second-order valence-corrected chi connectivity index (χ2v) is 3.83. The van der Waals surface area contributed by atoms with Gasteiger partial charge in [0.2, 0.25) is 5.88 Å². The van der Waals surface area contributed by atoms with Gasteiger partial charge in [0, 0.05) is 31.8 Å². The van der Waals surface area contributed by atoms with Gasteiger partial charge in [-0.3, -0.25) is 0 Å². The summed E-state index contributed by atoms with van der Waals surface area (Å²) in [7, 11) is 3.31. The first-order valence-corrected chi connectivity index (χ1v) is 5.88. The van der Waals surface area contributed by atoms with Gasteiger partial charge in [-0.2, -0.15) is 4.98 Å². The van der Waals surface area contributed by atoms with Gasteiger partial charge in [0.25, 0.3) is 0 Å². The molecule has 0 aromatic carbocycles. The summed E-state index contributed by atoms with van der Waals surface area (Å²) in [6.07, 6.45) is 3.55. The predicted molar refractivity (Wildman–Crippen MR) is 66.2 cm³/mol. The van der Waals surface area contributed by atoms with Gasteiger partial charge in [-0.25, -0.2) is 4.98 Å². The molecule has 17 heavy (non-hydrogen) atoms. The molecular weight excluding hydrogens is 218 g/mol. The van der Waals surface area contributed by atoms with Gasteiger partial charge in [-0.1, -0.05) is 6.92 Å². The molecular formula is C12H21N3O2. The third-order valence-electron chi connectivity index (χ3n) is 2.37. The molecule has 5 nitrogen and oxygen atoms in total. The van der Waals surface area contributed by atoms with Crippen LogP contribution in [0.4, 0.5) is 0 Å². The van der Waals surface area contributed by atoms with E-state index >= 15 is 0 Å². The number of methoxy groups -OCH3 is 2. The van der Waals surface area contributed by atoms with Gasteiger partial charge in [-0.05, 0) is 13.0 Å². The van der Waals surface area contributed by atoms with Gasteiger partial charge < -0.3 is 14.8 Å². The summed E-state index contributed by atoms with van der Waals surface area (Å²) < 4.78 is 10.3. The van der Waals surface area contributed by atoms with E-state index in [2.05, 4.69) is 22.2 Å². The Balaban J connectivity index is 2.57. The first-order valence-electron chi connectivity index (χ1n) is 5.88. The Kier molecular flexibility index (Phi) is 6.50. The Hall–Kier alpha value is -1.20. The zero-order valence-corrected chi connectivity index (χ0v) is 10.8. The summed E-state index contributed by atoms with van der Waals surface area (Å²) in [6.45, 7) is 3.76. The molecule has 0 saturated heterocycles. The Morgan fingerprint density at radius 2 is 2.24 bits per heavy atom. The van der Waals surface area contributed by atoms with Crippen molar-refractivity contribution in [2.45, 2.75) is 25.8 Å². The van der Waals surface area contributed by atoms with E-state index in [4.69, 9.17) is 9.47 Å². The van der Waals surface area contributed by atoms with Crippen LogP contribution in [0, 0.1) is 0 Å². The SMILES string of the molecule is CCCNC(COC)Cc1nccc(OC)n1. The summed E-state index contributed by atoms with van der Waals surface area (Å²) in [5, 5.41) is 3.41. The lowest BCUT2D eigenvalue weighted by molar-refractivity contribution is 0.165. The fourth-order valence-corrected chi connectivity index (χ4v) is 1.55. The molecule has 1 N–H and O–H groups in total. The van der Waals surface area contributed by atoms with Crippen LogP contribution < -0.4 is 10.1 Å². The molecule has 0 aliphatic rings. The van der Waals surface area contributed by atoms with Crippen LogP contribution in [-0.2, 0) is 11.2 Å². The standard InChI is InChI=1S/C12H21N3O2/c1-4-6-13-10(9-16-2)8-11-14-7-5-12(15-11)17-3/h5,7,10,13H,4,6,8-9H2,1-3H3. The molecule has 1 aromatic rings. The Morgan fingerprint density at radius 1 is 1.41 bits per heavy atom. The summed E-state index contributed by atoms with van der Waals surface area (Å²) in [5.41, 5.74) is 0. The van der Waals surface area contributed by atoms with Crippen molar-refractivity contribution in [3.05, 3.63) is 18.1 Å². The van der Waals surface area contributed by atoms with E-state index in [0.29, 0.717) is 12.5 Å². The van der Waals surface area contributed by atoms with Gasteiger partial charge in [0.15, 0.2) is 0 Å². The smallest absolute Gasteiger partial charge is 0.216 e. The summed E-state index contributed by atoms with van der Waals surface area (Å²) in [6, 6.07) is 1.99. The van der Waals surface area contributed by atoms with Crippen LogP contribution in [-0.4, -0.2) is 43.4 Å². The quantitative estimate of drug-likeness (QED) is 0.734. The first kappa shape index (κ1) is 13.9. The van der Waals surface area contributed by atoms with Crippen LogP contribution in [0.5, 0.6) is 5.88 Å². The van der Waals surface area contributed by atoms with Crippen molar-refractivity contribution in [1.82, 2.24) is 15.3 Å². The maximum absolute atomic E-state index is 5.18. The molecule has 0 fully saturated rings. The molecule has 0 amide bonds. The predicted octanol–water partition coefficient (Wildman–Crippen LogP) is 1.04. The molecule has 96 valence electrons. The largest absolute Gasteiger partial charge is 0.481 e. The number of ether oxygens (including phenoxy) is 2. The normalized spacial score (nSPS) is 12.4. The number of rotatable bonds is 8. The van der Waals surface area contributed by atoms with E-state index in [0.717, 1.165) is 25.2 Å². The van der Waals surface area contributed by atoms with Crippen LogP contribution in [0.3, 0.4) is 0 Å². The second-order valence-electron chi connectivity index (χ2n) is 3.83. The third-order valence-corrected chi connectivity index (χ3v) is 2.37. The van der Waals surface area contributed by atoms with E-state index < -0.39 is 0 Å². The van der Waals surface area contributed by atoms with Crippen molar-refractivity contribution in [3.8, 4) is 5.88 Å². The molecule has 1 unspecified atom stereocenters. The zero-order chi connectivity index (χ0) is 12.5. The van der Waals surface area contributed by atoms with Crippen LogP contribution in [0.2, 0.25) is 0 Å². The molecule has 1 aromatic heterocycles. The fraction of sp³-hybridized carbons (Fsp3) is 0.667. The van der Waals surface area contributed by atoms with E-state index in [9.17, 15) is 0 Å². The van der Waals surface area contributed by atoms with Crippen molar-refractivity contribution in [2.24, 2.45) is 0 Å². The van der Waals surface area contributed by atoms with Crippen LogP contribution >= 0.6 is 0 Å². The molecule has 0 spiro atoms. The maximum atomic E-state index is 5.18. The van der Waals surface area contributed by atoms with Gasteiger partial charge in [-0.15, -0.1) is 0 Å². The molecule has 0 aliphatic carbocycles. The minimum absolute atomic E-state index is 0.243. The highest BCUT2D eigenvalue weighted by Gasteiger charge is 2.10. The topological polar surface area (TPSA) is 56.3 Å². The number of hydrogen-bond donors (Lipinski definition) is 1. The number of nitrogens with one attached hydrogen (secondary N) is 1. The average molecular weight is 239 g/mol. The molecule has 0 saturated carbocycles. The van der Waals surface area contributed by atoms with Crippen molar-refractivity contribution in [2.75, 3.05) is 27.4 Å². The minimum atomic E-state index is 0.243. The van der Waals surface area contributed by atoms with Crippen molar-refractivity contribution in [3.63, 3.8) is 0 Å². The monoisotopic (exact) mass is 239 g/mol. The highest BCUT2D eigenvalue weighted by molar-refractivity contribution is 5.08. The minimum Gasteiger partial charge on any atom is -0.481 e. The van der Waals surface area contributed by atoms with E-state index in [-0.39, 0.29) is 6.04 Å². The Morgan fingerprint density at radius 3 is 2.88 bits per heavy atom. The van der Waals surface area contributed by atoms with E-state index in [1.807, 2.05) is 0 Å². The van der Waals surface area contributed by atoms with E-state index in [1.165, 1.54) is 0 Å². The molecule has 0 bridgehead atoms. The maximum Gasteiger partial charge on any atom is 0.216 e. The third kappa shape index (κ3) is 5.10. The van der Waals surface area contributed by atoms with Gasteiger partial charge in [0.05, 0.1) is 13.7 Å². The van der Waals surface area contributed by atoms with Crippen LogP contribution in [0.15, 0.2) is 12.3 Å². The number of hydrogen-bond acceptors (Lipinski definition) is 5. The van der Waals surface area contributed by atoms with Crippen molar-refractivity contribution >= 4 is 0 Å². The van der Waals surface area contributed by atoms with Gasteiger partial charge >= 0.3 is 0 Å². The first-order chi connectivity index (χ1) is 8.30. The zero-order valence-electron chi connectivity index (χ0n) is 10.8. The van der Waals surface area contributed by atoms with Crippen molar-refractivity contribution in [1.29, 1.82) is 0 Å². The molecule has 5 heteroatoms. The fourth-order valence-electron chi connectivity index (χ4n) is 1.55. The highest BCUT2D eigenvalue weighted by Crippen LogP contribution is 2.05. The lowest BCUT2D eigenvalue weighted by Gasteiger charge is -2.16. The number of aromatic nitrogens is 2. The average Bonchev–Trinajstić information content (AvgIpc) is 2.36. The summed E-state index contributed by atoms with van der Waals surface area (Å²) >= 11 is 0. The Labute approximate surface area is 103 Å².